The molecule has 0 radical (unpaired) electrons. The van der Waals surface area contributed by atoms with Gasteiger partial charge in [0.2, 0.25) is 0 Å². The molecule has 0 saturated heterocycles. The summed E-state index contributed by atoms with van der Waals surface area (Å²) >= 11 is 0. The quantitative estimate of drug-likeness (QED) is 0.848. The number of carbonyl (C=O) groups excluding carboxylic acids is 1. The van der Waals surface area contributed by atoms with Gasteiger partial charge in [-0.15, -0.1) is 0 Å². The predicted octanol–water partition coefficient (Wildman–Crippen LogP) is 0.750. The van der Waals surface area contributed by atoms with E-state index >= 15 is 0 Å². The summed E-state index contributed by atoms with van der Waals surface area (Å²) < 4.78 is 3.12. The van der Waals surface area contributed by atoms with E-state index in [9.17, 15) is 9.59 Å². The van der Waals surface area contributed by atoms with Crippen LogP contribution in [-0.4, -0.2) is 42.6 Å². The Bertz CT molecular complexity index is 716. The molecule has 2 rings (SSSR count). The summed E-state index contributed by atoms with van der Waals surface area (Å²) in [5.74, 6) is -1.68. The normalized spacial score (nSPS) is 12.2. The minimum Gasteiger partial charge on any atom is -0.476 e. The number of rotatable bonds is 5. The van der Waals surface area contributed by atoms with E-state index in [1.165, 1.54) is 10.9 Å². The first-order valence-electron chi connectivity index (χ1n) is 6.86. The Kier molecular flexibility index (Phi) is 4.30. The first-order chi connectivity index (χ1) is 10.3. The Balaban J connectivity index is 2.08. The van der Waals surface area contributed by atoms with Gasteiger partial charge in [-0.05, 0) is 26.8 Å². The molecule has 8 heteroatoms. The number of aromatic nitrogens is 4. The average molecular weight is 305 g/mol. The fourth-order valence-corrected chi connectivity index (χ4v) is 2.28. The summed E-state index contributed by atoms with van der Waals surface area (Å²) in [7, 11) is 1.57. The summed E-state index contributed by atoms with van der Waals surface area (Å²) in [5.41, 5.74) is 1.72. The van der Waals surface area contributed by atoms with Gasteiger partial charge in [-0.25, -0.2) is 4.79 Å². The van der Waals surface area contributed by atoms with E-state index < -0.39 is 11.9 Å². The molecule has 0 bridgehead atoms. The third-order valence-electron chi connectivity index (χ3n) is 3.20. The first kappa shape index (κ1) is 15.7. The lowest BCUT2D eigenvalue weighted by atomic mass is 10.2. The van der Waals surface area contributed by atoms with Gasteiger partial charge in [-0.1, -0.05) is 0 Å². The number of amides is 1. The fourth-order valence-electron chi connectivity index (χ4n) is 2.28. The number of hydrogen-bond donors (Lipinski definition) is 2. The van der Waals surface area contributed by atoms with Gasteiger partial charge >= 0.3 is 5.97 Å². The van der Waals surface area contributed by atoms with Gasteiger partial charge < -0.3 is 10.4 Å². The van der Waals surface area contributed by atoms with E-state index in [-0.39, 0.29) is 17.3 Å². The maximum Gasteiger partial charge on any atom is 0.357 e. The topological polar surface area (TPSA) is 102 Å². The molecule has 0 aromatic carbocycles. The summed E-state index contributed by atoms with van der Waals surface area (Å²) in [6.07, 6.45) is 1.40. The highest BCUT2D eigenvalue weighted by atomic mass is 16.4. The summed E-state index contributed by atoms with van der Waals surface area (Å²) in [6.45, 7) is 6.19. The highest BCUT2D eigenvalue weighted by molar-refractivity contribution is 6.03. The van der Waals surface area contributed by atoms with Gasteiger partial charge in [0.1, 0.15) is 0 Å². The molecule has 0 spiro atoms. The molecule has 8 nitrogen and oxygen atoms in total. The number of nitrogens with zero attached hydrogens (tertiary/aromatic N) is 4. The number of hydrogen-bond acceptors (Lipinski definition) is 4. The predicted molar refractivity (Wildman–Crippen MR) is 78.8 cm³/mol. The zero-order valence-corrected chi connectivity index (χ0v) is 13.0. The molecule has 0 fully saturated rings. The molecule has 2 aromatic rings. The summed E-state index contributed by atoms with van der Waals surface area (Å²) in [6, 6.07) is 1.76. The Morgan fingerprint density at radius 1 is 1.36 bits per heavy atom. The second kappa shape index (κ2) is 6.00. The molecular formula is C14H19N5O3. The Morgan fingerprint density at radius 2 is 2.05 bits per heavy atom. The Labute approximate surface area is 127 Å². The van der Waals surface area contributed by atoms with Gasteiger partial charge in [0.05, 0.1) is 17.8 Å². The lowest BCUT2D eigenvalue weighted by molar-refractivity contribution is 0.0683. The maximum absolute atomic E-state index is 12.2. The van der Waals surface area contributed by atoms with Crippen LogP contribution in [0, 0.1) is 13.8 Å². The molecule has 2 N–H and O–H groups in total. The lowest BCUT2D eigenvalue weighted by Crippen LogP contribution is -2.36. The van der Waals surface area contributed by atoms with Crippen LogP contribution in [0.4, 0.5) is 0 Å². The smallest absolute Gasteiger partial charge is 0.357 e. The number of carbonyl (C=O) groups is 2. The van der Waals surface area contributed by atoms with Crippen molar-refractivity contribution in [3.63, 3.8) is 0 Å². The number of carboxylic acid groups (broad SMARTS) is 1. The first-order valence-corrected chi connectivity index (χ1v) is 6.86. The zero-order chi connectivity index (χ0) is 16.4. The van der Waals surface area contributed by atoms with Crippen LogP contribution in [0.15, 0.2) is 12.3 Å². The number of nitrogens with one attached hydrogen (secondary N) is 1. The molecule has 0 aliphatic carbocycles. The minimum absolute atomic E-state index is 0.0511. The van der Waals surface area contributed by atoms with Crippen LogP contribution in [0.5, 0.6) is 0 Å². The third-order valence-corrected chi connectivity index (χ3v) is 3.20. The molecule has 2 aromatic heterocycles. The molecule has 118 valence electrons. The van der Waals surface area contributed by atoms with Crippen LogP contribution >= 0.6 is 0 Å². The average Bonchev–Trinajstić information content (AvgIpc) is 2.93. The second-order valence-electron chi connectivity index (χ2n) is 5.35. The highest BCUT2D eigenvalue weighted by Gasteiger charge is 2.22. The van der Waals surface area contributed by atoms with Crippen molar-refractivity contribution in [2.75, 3.05) is 0 Å². The van der Waals surface area contributed by atoms with Crippen LogP contribution in [0.3, 0.4) is 0 Å². The van der Waals surface area contributed by atoms with E-state index in [0.717, 1.165) is 11.4 Å². The van der Waals surface area contributed by atoms with E-state index in [2.05, 4.69) is 15.5 Å². The van der Waals surface area contributed by atoms with Crippen molar-refractivity contribution in [2.24, 2.45) is 7.05 Å². The zero-order valence-electron chi connectivity index (χ0n) is 13.0. The number of aromatic carboxylic acids is 1. The van der Waals surface area contributed by atoms with Gasteiger partial charge in [0.25, 0.3) is 5.91 Å². The van der Waals surface area contributed by atoms with Crippen molar-refractivity contribution in [1.82, 2.24) is 24.9 Å². The second-order valence-corrected chi connectivity index (χ2v) is 5.35. The standard InChI is InChI=1S/C14H19N5O3/c1-8-5-10(3)19(16-8)6-9(2)15-13(20)11-7-18(4)17-12(11)14(21)22/h5,7,9H,6H2,1-4H3,(H,15,20)(H,21,22). The lowest BCUT2D eigenvalue weighted by Gasteiger charge is -2.14. The summed E-state index contributed by atoms with van der Waals surface area (Å²) in [4.78, 5) is 23.3. The van der Waals surface area contributed by atoms with Gasteiger partial charge in [0, 0.05) is 25.0 Å². The van der Waals surface area contributed by atoms with Crippen LogP contribution in [0.1, 0.15) is 39.2 Å². The molecule has 1 unspecified atom stereocenters. The van der Waals surface area contributed by atoms with Crippen LogP contribution < -0.4 is 5.32 Å². The van der Waals surface area contributed by atoms with Gasteiger partial charge in [-0.3, -0.25) is 14.2 Å². The van der Waals surface area contributed by atoms with E-state index in [1.54, 1.807) is 7.05 Å². The van der Waals surface area contributed by atoms with Crippen LogP contribution in [0.2, 0.25) is 0 Å². The fraction of sp³-hybridized carbons (Fsp3) is 0.429. The van der Waals surface area contributed by atoms with Crippen molar-refractivity contribution in [3.8, 4) is 0 Å². The highest BCUT2D eigenvalue weighted by Crippen LogP contribution is 2.08. The molecule has 0 aliphatic heterocycles. The number of aryl methyl sites for hydroxylation is 3. The number of carboxylic acids is 1. The van der Waals surface area contributed by atoms with Crippen molar-refractivity contribution < 1.29 is 14.7 Å². The molecule has 2 heterocycles. The SMILES string of the molecule is Cc1cc(C)n(CC(C)NC(=O)c2cn(C)nc2C(=O)O)n1. The molecule has 22 heavy (non-hydrogen) atoms. The molecular weight excluding hydrogens is 286 g/mol. The van der Waals surface area contributed by atoms with E-state index in [4.69, 9.17) is 5.11 Å². The van der Waals surface area contributed by atoms with Crippen LogP contribution in [-0.2, 0) is 13.6 Å². The molecule has 1 atom stereocenters. The minimum atomic E-state index is -1.23. The van der Waals surface area contributed by atoms with E-state index in [1.807, 2.05) is 31.5 Å². The summed E-state index contributed by atoms with van der Waals surface area (Å²) in [5, 5.41) is 20.0. The van der Waals surface area contributed by atoms with Crippen LogP contribution in [0.25, 0.3) is 0 Å². The van der Waals surface area contributed by atoms with Crippen molar-refractivity contribution in [3.05, 3.63) is 34.9 Å². The third kappa shape index (κ3) is 3.33. The van der Waals surface area contributed by atoms with Crippen molar-refractivity contribution >= 4 is 11.9 Å². The maximum atomic E-state index is 12.2. The molecule has 1 amide bonds. The molecule has 0 aliphatic rings. The van der Waals surface area contributed by atoms with Gasteiger partial charge in [0.15, 0.2) is 5.69 Å². The Hall–Kier alpha value is -2.64. The monoisotopic (exact) mass is 305 g/mol. The van der Waals surface area contributed by atoms with Crippen molar-refractivity contribution in [2.45, 2.75) is 33.4 Å². The Morgan fingerprint density at radius 3 is 2.59 bits per heavy atom. The van der Waals surface area contributed by atoms with Gasteiger partial charge in [-0.2, -0.15) is 10.2 Å². The largest absolute Gasteiger partial charge is 0.476 e. The van der Waals surface area contributed by atoms with E-state index in [0.29, 0.717) is 6.54 Å². The molecule has 0 saturated carbocycles. The van der Waals surface area contributed by atoms with Crippen molar-refractivity contribution in [1.29, 1.82) is 0 Å².